The molecule has 1 heteroatoms. The van der Waals surface area contributed by atoms with Crippen molar-refractivity contribution in [2.45, 2.75) is 42.4 Å². The first-order chi connectivity index (χ1) is 6.67. The van der Waals surface area contributed by atoms with E-state index in [9.17, 15) is 0 Å². The van der Waals surface area contributed by atoms with Gasteiger partial charge in [-0.05, 0) is 50.2 Å². The third kappa shape index (κ3) is 2.50. The second kappa shape index (κ2) is 4.21. The molecular weight excluding hydrogens is 283 g/mol. The van der Waals surface area contributed by atoms with Gasteiger partial charge < -0.3 is 0 Å². The van der Waals surface area contributed by atoms with Gasteiger partial charge in [-0.3, -0.25) is 0 Å². The molecule has 0 aliphatic heterocycles. The molecule has 0 aromatic heterocycles. The number of hydrogen-bond acceptors (Lipinski definition) is 0. The summed E-state index contributed by atoms with van der Waals surface area (Å²) in [5, 5.41) is 0. The number of halogens is 1. The SMILES string of the molecule is C[C@@]1(I)C=C(C2=CCCCC2)C=CC1. The van der Waals surface area contributed by atoms with E-state index < -0.39 is 0 Å². The van der Waals surface area contributed by atoms with Crippen LogP contribution < -0.4 is 0 Å². The fourth-order valence-electron chi connectivity index (χ4n) is 2.15. The Hall–Kier alpha value is -0.0500. The summed E-state index contributed by atoms with van der Waals surface area (Å²) in [5.41, 5.74) is 3.06. The van der Waals surface area contributed by atoms with Gasteiger partial charge in [0.25, 0.3) is 0 Å². The van der Waals surface area contributed by atoms with Crippen LogP contribution in [0.5, 0.6) is 0 Å². The van der Waals surface area contributed by atoms with E-state index in [2.05, 4.69) is 53.8 Å². The number of allylic oxidation sites excluding steroid dienone is 6. The fourth-order valence-corrected chi connectivity index (χ4v) is 2.74. The Kier molecular flexibility index (Phi) is 3.15. The third-order valence-electron chi connectivity index (χ3n) is 2.93. The molecule has 0 radical (unpaired) electrons. The van der Waals surface area contributed by atoms with E-state index in [1.165, 1.54) is 37.7 Å². The number of rotatable bonds is 1. The van der Waals surface area contributed by atoms with Crippen LogP contribution in [0.25, 0.3) is 0 Å². The average molecular weight is 300 g/mol. The Morgan fingerprint density at radius 3 is 2.86 bits per heavy atom. The van der Waals surface area contributed by atoms with Crippen LogP contribution in [0.1, 0.15) is 39.0 Å². The van der Waals surface area contributed by atoms with Gasteiger partial charge in [-0.1, -0.05) is 46.9 Å². The fraction of sp³-hybridized carbons (Fsp3) is 0.538. The van der Waals surface area contributed by atoms with E-state index in [-0.39, 0.29) is 0 Å². The van der Waals surface area contributed by atoms with Crippen LogP contribution >= 0.6 is 22.6 Å². The van der Waals surface area contributed by atoms with Gasteiger partial charge in [-0.15, -0.1) is 0 Å². The zero-order chi connectivity index (χ0) is 10.0. The maximum atomic E-state index is 2.55. The molecule has 2 rings (SSSR count). The summed E-state index contributed by atoms with van der Waals surface area (Å²) < 4.78 is 0.333. The van der Waals surface area contributed by atoms with Crippen LogP contribution in [0, 0.1) is 0 Å². The number of hydrogen-bond donors (Lipinski definition) is 0. The molecule has 2 aliphatic rings. The van der Waals surface area contributed by atoms with Crippen molar-refractivity contribution in [2.24, 2.45) is 0 Å². The van der Waals surface area contributed by atoms with Crippen molar-refractivity contribution in [1.29, 1.82) is 0 Å². The molecule has 0 N–H and O–H groups in total. The first-order valence-electron chi connectivity index (χ1n) is 5.45. The second-order valence-electron chi connectivity index (χ2n) is 4.46. The minimum atomic E-state index is 0.333. The van der Waals surface area contributed by atoms with Gasteiger partial charge in [-0.2, -0.15) is 0 Å². The smallest absolute Gasteiger partial charge is 0.0416 e. The maximum Gasteiger partial charge on any atom is 0.0416 e. The Balaban J connectivity index is 2.21. The molecule has 14 heavy (non-hydrogen) atoms. The van der Waals surface area contributed by atoms with Gasteiger partial charge in [0.2, 0.25) is 0 Å². The summed E-state index contributed by atoms with van der Waals surface area (Å²) >= 11 is 2.55. The summed E-state index contributed by atoms with van der Waals surface area (Å²) in [4.78, 5) is 0. The quantitative estimate of drug-likeness (QED) is 0.491. The molecule has 0 aromatic carbocycles. The van der Waals surface area contributed by atoms with E-state index in [0.717, 1.165) is 0 Å². The molecule has 0 fully saturated rings. The molecule has 76 valence electrons. The largest absolute Gasteiger partial charge is 0.0823 e. The van der Waals surface area contributed by atoms with Crippen molar-refractivity contribution in [3.8, 4) is 0 Å². The second-order valence-corrected chi connectivity index (χ2v) is 6.92. The van der Waals surface area contributed by atoms with Gasteiger partial charge >= 0.3 is 0 Å². The van der Waals surface area contributed by atoms with E-state index in [4.69, 9.17) is 0 Å². The first kappa shape index (κ1) is 10.5. The van der Waals surface area contributed by atoms with Crippen molar-refractivity contribution < 1.29 is 0 Å². The first-order valence-corrected chi connectivity index (χ1v) is 6.53. The lowest BCUT2D eigenvalue weighted by Crippen LogP contribution is -2.14. The topological polar surface area (TPSA) is 0 Å². The highest BCUT2D eigenvalue weighted by Crippen LogP contribution is 2.34. The molecule has 2 aliphatic carbocycles. The number of alkyl halides is 1. The Labute approximate surface area is 100 Å². The van der Waals surface area contributed by atoms with Gasteiger partial charge in [0.05, 0.1) is 0 Å². The van der Waals surface area contributed by atoms with Crippen LogP contribution in [0.3, 0.4) is 0 Å². The van der Waals surface area contributed by atoms with E-state index in [1.54, 1.807) is 5.57 Å². The monoisotopic (exact) mass is 300 g/mol. The van der Waals surface area contributed by atoms with E-state index >= 15 is 0 Å². The van der Waals surface area contributed by atoms with Crippen LogP contribution in [-0.4, -0.2) is 3.42 Å². The molecule has 0 spiro atoms. The maximum absolute atomic E-state index is 2.55. The van der Waals surface area contributed by atoms with Crippen molar-refractivity contribution in [3.63, 3.8) is 0 Å². The van der Waals surface area contributed by atoms with Gasteiger partial charge in [0.15, 0.2) is 0 Å². The Bertz CT molecular complexity index is 305. The van der Waals surface area contributed by atoms with Crippen molar-refractivity contribution in [2.75, 3.05) is 0 Å². The summed E-state index contributed by atoms with van der Waals surface area (Å²) in [6.45, 7) is 2.31. The van der Waals surface area contributed by atoms with Crippen molar-refractivity contribution >= 4 is 22.6 Å². The van der Waals surface area contributed by atoms with E-state index in [1.807, 2.05) is 0 Å². The summed E-state index contributed by atoms with van der Waals surface area (Å²) in [6, 6.07) is 0. The highest BCUT2D eigenvalue weighted by molar-refractivity contribution is 14.1. The van der Waals surface area contributed by atoms with Crippen molar-refractivity contribution in [3.05, 3.63) is 35.5 Å². The van der Waals surface area contributed by atoms with Gasteiger partial charge in [-0.25, -0.2) is 0 Å². The van der Waals surface area contributed by atoms with Crippen LogP contribution in [0.15, 0.2) is 35.5 Å². The lowest BCUT2D eigenvalue weighted by atomic mass is 9.88. The molecule has 0 amide bonds. The molecule has 0 bridgehead atoms. The molecule has 0 aromatic rings. The molecule has 0 saturated carbocycles. The highest BCUT2D eigenvalue weighted by atomic mass is 127. The summed E-state index contributed by atoms with van der Waals surface area (Å²) in [7, 11) is 0. The molecular formula is C13H17I. The van der Waals surface area contributed by atoms with Crippen LogP contribution in [0.4, 0.5) is 0 Å². The van der Waals surface area contributed by atoms with Gasteiger partial charge in [0.1, 0.15) is 0 Å². The average Bonchev–Trinajstić information content (AvgIpc) is 2.18. The van der Waals surface area contributed by atoms with Crippen LogP contribution in [0.2, 0.25) is 0 Å². The van der Waals surface area contributed by atoms with E-state index in [0.29, 0.717) is 3.42 Å². The summed E-state index contributed by atoms with van der Waals surface area (Å²) in [5.74, 6) is 0. The minimum Gasteiger partial charge on any atom is -0.0823 e. The molecule has 0 saturated heterocycles. The normalized spacial score (nSPS) is 32.4. The zero-order valence-electron chi connectivity index (χ0n) is 8.72. The standard InChI is InChI=1S/C13H17I/c1-13(14)9-5-8-12(10-13)11-6-3-2-4-7-11/h5-6,8,10H,2-4,7,9H2,1H3/t13-/m0/s1. The summed E-state index contributed by atoms with van der Waals surface area (Å²) in [6.07, 6.45) is 16.0. The Morgan fingerprint density at radius 2 is 2.21 bits per heavy atom. The molecule has 0 heterocycles. The molecule has 1 atom stereocenters. The van der Waals surface area contributed by atoms with Gasteiger partial charge in [0, 0.05) is 3.42 Å². The third-order valence-corrected chi connectivity index (χ3v) is 3.68. The zero-order valence-corrected chi connectivity index (χ0v) is 10.9. The lowest BCUT2D eigenvalue weighted by molar-refractivity contribution is 0.704. The Morgan fingerprint density at radius 1 is 1.36 bits per heavy atom. The lowest BCUT2D eigenvalue weighted by Gasteiger charge is -2.24. The molecule has 0 unspecified atom stereocenters. The predicted molar refractivity (Wildman–Crippen MR) is 70.8 cm³/mol. The van der Waals surface area contributed by atoms with Crippen molar-refractivity contribution in [1.82, 2.24) is 0 Å². The van der Waals surface area contributed by atoms with Crippen LogP contribution in [-0.2, 0) is 0 Å². The predicted octanol–water partition coefficient (Wildman–Crippen LogP) is 4.57. The minimum absolute atomic E-state index is 0.333. The highest BCUT2D eigenvalue weighted by Gasteiger charge is 2.20. The molecule has 0 nitrogen and oxygen atoms in total.